The normalized spacial score (nSPS) is 19.4. The van der Waals surface area contributed by atoms with Gasteiger partial charge in [-0.1, -0.05) is 156 Å². The molecular weight excluding hydrogens is 1040 g/mol. The molecule has 0 aromatic heterocycles. The number of rotatable bonds is 10. The molecule has 7 heteroatoms. The molecule has 4 aromatic rings. The summed E-state index contributed by atoms with van der Waals surface area (Å²) in [6.07, 6.45) is 42.6. The third-order valence-corrected chi connectivity index (χ3v) is 16.2. The first kappa shape index (κ1) is 59.3. The Morgan fingerprint density at radius 3 is 0.877 bits per heavy atom. The summed E-state index contributed by atoms with van der Waals surface area (Å²) in [5.74, 6) is 9.07. The first-order valence-electron chi connectivity index (χ1n) is 21.4. The summed E-state index contributed by atoms with van der Waals surface area (Å²) in [6, 6.07) is 44.4. The van der Waals surface area contributed by atoms with Gasteiger partial charge in [0.05, 0.1) is 0 Å². The minimum Gasteiger partial charge on any atom is 2.00 e. The van der Waals surface area contributed by atoms with E-state index in [-0.39, 0.29) is 49.3 Å². The molecule has 9 rings (SSSR count). The van der Waals surface area contributed by atoms with Gasteiger partial charge in [-0.15, -0.1) is 0 Å². The standard InChI is InChI=1S/C38H34P2.C10H14.2C5H5.2ClH.2Fe.Ru/c1-29(39(31-17-7-3-8-18-31)32-19-9-4-10-20-32)35-25-15-27-37(35)38-28-16-26-36(38)30(2)40(33-21-11-5-12-22-33)34-23-13-6-14-24-34;1-8(2)10-6-4-9(3)5-7-10;2*1-2-4-5-3-1;;;;;/h3-30H,1-2H3;4-8H,1-3H3;2*1-5H;2*1H;;;/q;;;;;;3*+2/p-2/t29-,30-;;;;;;;;/m0......../s1. The zero-order valence-corrected chi connectivity index (χ0v) is 44.8. The van der Waals surface area contributed by atoms with Gasteiger partial charge in [0.1, 0.15) is 0 Å². The average Bonchev–Trinajstić information content (AvgIpc) is 4.19. The molecule has 334 valence electrons. The van der Waals surface area contributed by atoms with Gasteiger partial charge in [0, 0.05) is 0 Å². The molecule has 26 radical (unpaired) electrons. The summed E-state index contributed by atoms with van der Waals surface area (Å²) < 4.78 is 0. The van der Waals surface area contributed by atoms with Crippen molar-refractivity contribution in [1.29, 1.82) is 0 Å². The van der Waals surface area contributed by atoms with Gasteiger partial charge in [0.15, 0.2) is 0 Å². The molecule has 2 atom stereocenters. The van der Waals surface area contributed by atoms with Gasteiger partial charge in [0.25, 0.3) is 0 Å². The van der Waals surface area contributed by atoms with Crippen LogP contribution < -0.4 is 21.2 Å². The van der Waals surface area contributed by atoms with Crippen LogP contribution in [0.1, 0.15) is 34.6 Å². The maximum atomic E-state index is 4.85. The maximum Gasteiger partial charge on any atom is 2.00 e. The number of hydrogen-bond donors (Lipinski definition) is 0. The molecule has 5 aliphatic rings. The van der Waals surface area contributed by atoms with Crippen molar-refractivity contribution in [3.63, 3.8) is 0 Å². The van der Waals surface area contributed by atoms with Crippen molar-refractivity contribution < 1.29 is 49.3 Å². The van der Waals surface area contributed by atoms with E-state index in [4.69, 9.17) is 19.4 Å². The van der Waals surface area contributed by atoms with E-state index >= 15 is 0 Å². The molecule has 0 heterocycles. The van der Waals surface area contributed by atoms with Crippen LogP contribution in [0.5, 0.6) is 0 Å². The van der Waals surface area contributed by atoms with E-state index in [9.17, 15) is 0 Å². The smallest absolute Gasteiger partial charge is 2.00 e. The second-order valence-corrected chi connectivity index (χ2v) is 23.0. The average molecular weight is 1100 g/mol. The summed E-state index contributed by atoms with van der Waals surface area (Å²) in [5, 5.41) is 5.71. The van der Waals surface area contributed by atoms with Gasteiger partial charge in [-0.25, -0.2) is 0 Å². The predicted octanol–water partition coefficient (Wildman–Crippen LogP) is 13.6. The van der Waals surface area contributed by atoms with Gasteiger partial charge in [-0.05, 0) is 218 Å². The van der Waals surface area contributed by atoms with Crippen molar-refractivity contribution in [2.24, 2.45) is 5.92 Å². The molecule has 0 saturated heterocycles. The van der Waals surface area contributed by atoms with Crippen molar-refractivity contribution in [3.8, 4) is 0 Å². The SMILES string of the molecule is C[C@@H]([C]1[CH][CH][CH][C]1[C]1[CH][CH][CH][C]1[C@H](C)P(c1ccccc1)c1ccccc1)P(c1ccccc1)c1ccccc1.C[C]1[CH][CH][C](C(C)C)[CH][CH]1.[CH]1[CH][CH][CH][CH]1.[CH]1[CH][CH][CH][CH]1.[Cl][Ru][Cl].[Fe+2].[Fe+2]. The minimum atomic E-state index is -0.560. The second kappa shape index (κ2) is 34.3. The van der Waals surface area contributed by atoms with E-state index < -0.39 is 15.8 Å². The van der Waals surface area contributed by atoms with E-state index in [1.807, 2.05) is 64.2 Å². The van der Waals surface area contributed by atoms with Crippen LogP contribution in [0.2, 0.25) is 0 Å². The molecule has 0 amide bonds. The maximum absolute atomic E-state index is 4.85. The molecular formula is C58H58Cl2Fe2P2Ru+4. The monoisotopic (exact) mass is 1100 g/mol. The van der Waals surface area contributed by atoms with Crippen LogP contribution in [0.15, 0.2) is 121 Å². The molecule has 0 spiro atoms. The Bertz CT molecular complexity index is 1510. The van der Waals surface area contributed by atoms with Crippen molar-refractivity contribution in [2.75, 3.05) is 0 Å². The first-order valence-corrected chi connectivity index (χ1v) is 28.7. The summed E-state index contributed by atoms with van der Waals surface area (Å²) in [6.45, 7) is 11.4. The summed E-state index contributed by atoms with van der Waals surface area (Å²) in [7, 11) is 8.59. The predicted molar refractivity (Wildman–Crippen MR) is 275 cm³/mol. The van der Waals surface area contributed by atoms with Crippen LogP contribution in [-0.4, -0.2) is 11.3 Å². The van der Waals surface area contributed by atoms with Crippen LogP contribution in [0, 0.1) is 170 Å². The second-order valence-electron chi connectivity index (χ2n) is 15.3. The van der Waals surface area contributed by atoms with E-state index in [1.165, 1.54) is 56.7 Å². The van der Waals surface area contributed by atoms with E-state index in [0.717, 1.165) is 0 Å². The number of benzene rings is 4. The molecule has 65 heavy (non-hydrogen) atoms. The Morgan fingerprint density at radius 2 is 0.631 bits per heavy atom. The van der Waals surface area contributed by atoms with Gasteiger partial charge < -0.3 is 0 Å². The van der Waals surface area contributed by atoms with Crippen LogP contribution in [0.25, 0.3) is 0 Å². The Hall–Kier alpha value is -0.0177. The van der Waals surface area contributed by atoms with Gasteiger partial charge in [-0.2, -0.15) is 0 Å². The first-order chi connectivity index (χ1) is 30.8. The number of hydrogen-bond acceptors (Lipinski definition) is 0. The fraction of sp³-hybridized carbons (Fsp3) is 0.138. The van der Waals surface area contributed by atoms with Crippen LogP contribution >= 0.6 is 35.2 Å². The van der Waals surface area contributed by atoms with Crippen molar-refractivity contribution in [2.45, 2.75) is 45.9 Å². The van der Waals surface area contributed by atoms with E-state index in [2.05, 4.69) is 220 Å². The van der Waals surface area contributed by atoms with Crippen molar-refractivity contribution in [1.82, 2.24) is 0 Å². The van der Waals surface area contributed by atoms with Gasteiger partial charge in [-0.3, -0.25) is 0 Å². The molecule has 0 aliphatic heterocycles. The molecule has 5 fully saturated rings. The Labute approximate surface area is 439 Å². The molecule has 5 aliphatic carbocycles. The van der Waals surface area contributed by atoms with Gasteiger partial charge >= 0.3 is 68.7 Å². The molecule has 0 bridgehead atoms. The zero-order chi connectivity index (χ0) is 44.7. The van der Waals surface area contributed by atoms with Crippen molar-refractivity contribution >= 4 is 56.4 Å². The summed E-state index contributed by atoms with van der Waals surface area (Å²) >= 11 is -0.346. The molecule has 4 aromatic carbocycles. The molecule has 0 N–H and O–H groups in total. The van der Waals surface area contributed by atoms with Crippen LogP contribution in [0.3, 0.4) is 0 Å². The Balaban J connectivity index is 0.000000365. The third-order valence-electron chi connectivity index (χ3n) is 10.7. The Morgan fingerprint density at radius 1 is 0.369 bits per heavy atom. The van der Waals surface area contributed by atoms with E-state index in [0.29, 0.717) is 17.2 Å². The summed E-state index contributed by atoms with van der Waals surface area (Å²) in [5.41, 5.74) is 0.764. The quantitative estimate of drug-likeness (QED) is 0.110. The molecule has 0 unspecified atom stereocenters. The fourth-order valence-corrected chi connectivity index (χ4v) is 12.9. The van der Waals surface area contributed by atoms with Crippen LogP contribution in [0.4, 0.5) is 0 Å². The molecule has 5 saturated carbocycles. The minimum absolute atomic E-state index is 0. The zero-order valence-electron chi connectivity index (χ0n) is 37.5. The third kappa shape index (κ3) is 19.6. The number of halogens is 2. The topological polar surface area (TPSA) is 0 Å². The largest absolute Gasteiger partial charge is 2.00 e. The summed E-state index contributed by atoms with van der Waals surface area (Å²) in [4.78, 5) is 0. The molecule has 0 nitrogen and oxygen atoms in total. The Kier molecular flexibility index (Phi) is 31.3. The van der Waals surface area contributed by atoms with Crippen molar-refractivity contribution in [3.05, 3.63) is 285 Å². The van der Waals surface area contributed by atoms with Gasteiger partial charge in [0.2, 0.25) is 0 Å². The van der Waals surface area contributed by atoms with E-state index in [1.54, 1.807) is 0 Å². The van der Waals surface area contributed by atoms with Crippen LogP contribution in [-0.2, 0) is 49.3 Å². The fourth-order valence-electron chi connectivity index (χ4n) is 7.51.